The topological polar surface area (TPSA) is 82.2 Å². The molecular weight excluding hydrogens is 311 g/mol. The number of rotatable bonds is 7. The van der Waals surface area contributed by atoms with Crippen molar-refractivity contribution in [3.05, 3.63) is 46.0 Å². The highest BCUT2D eigenvalue weighted by Crippen LogP contribution is 2.18. The predicted molar refractivity (Wildman–Crippen MR) is 91.5 cm³/mol. The summed E-state index contributed by atoms with van der Waals surface area (Å²) in [5.41, 5.74) is 0.0649. The second-order valence-corrected chi connectivity index (χ2v) is 6.46. The van der Waals surface area contributed by atoms with Gasteiger partial charge in [0, 0.05) is 24.6 Å². The van der Waals surface area contributed by atoms with Gasteiger partial charge in [-0.3, -0.25) is 9.59 Å². The summed E-state index contributed by atoms with van der Waals surface area (Å²) in [4.78, 5) is 26.7. The lowest BCUT2D eigenvalue weighted by Crippen LogP contribution is -2.31. The van der Waals surface area contributed by atoms with Gasteiger partial charge < -0.3 is 15.4 Å². The molecule has 6 heteroatoms. The Morgan fingerprint density at radius 3 is 2.75 bits per heavy atom. The van der Waals surface area contributed by atoms with Crippen LogP contribution in [-0.2, 0) is 0 Å². The minimum atomic E-state index is -0.476. The van der Waals surface area contributed by atoms with Crippen LogP contribution < -0.4 is 10.9 Å². The summed E-state index contributed by atoms with van der Waals surface area (Å²) in [5.74, 6) is -0.216. The molecule has 130 valence electrons. The van der Waals surface area contributed by atoms with E-state index < -0.39 is 11.4 Å². The van der Waals surface area contributed by atoms with E-state index in [-0.39, 0.29) is 24.0 Å². The fourth-order valence-corrected chi connectivity index (χ4v) is 2.91. The van der Waals surface area contributed by atoms with Gasteiger partial charge in [0.1, 0.15) is 5.82 Å². The van der Waals surface area contributed by atoms with Gasteiger partial charge in [0.25, 0.3) is 5.91 Å². The molecule has 0 aliphatic rings. The van der Waals surface area contributed by atoms with Crippen molar-refractivity contribution in [1.29, 1.82) is 0 Å². The third kappa shape index (κ3) is 4.64. The lowest BCUT2D eigenvalue weighted by atomic mass is 9.94. The van der Waals surface area contributed by atoms with Gasteiger partial charge >= 0.3 is 0 Å². The monoisotopic (exact) mass is 334 g/mol. The van der Waals surface area contributed by atoms with Crippen LogP contribution in [0.4, 0.5) is 4.39 Å². The standard InChI is InChI=1S/C18H23FN2O3/c1-11(2)7-12(5-6-22)10-20-18(24)15-9-17(23)21-16-8-13(19)3-4-14(15)16/h3-4,8-9,11-12,22H,5-7,10H2,1-2H3,(H,20,24)(H,21,23). The summed E-state index contributed by atoms with van der Waals surface area (Å²) in [6, 6.07) is 5.15. The molecule has 0 saturated heterocycles. The molecule has 3 N–H and O–H groups in total. The van der Waals surface area contributed by atoms with E-state index >= 15 is 0 Å². The molecule has 0 bridgehead atoms. The normalized spacial score (nSPS) is 12.5. The highest BCUT2D eigenvalue weighted by Gasteiger charge is 2.15. The number of fused-ring (bicyclic) bond motifs is 1. The summed E-state index contributed by atoms with van der Waals surface area (Å²) >= 11 is 0. The number of H-pyrrole nitrogens is 1. The van der Waals surface area contributed by atoms with Gasteiger partial charge in [-0.1, -0.05) is 13.8 Å². The number of benzene rings is 1. The molecule has 0 saturated carbocycles. The molecule has 0 fully saturated rings. The summed E-state index contributed by atoms with van der Waals surface area (Å²) in [5, 5.41) is 12.5. The van der Waals surface area contributed by atoms with E-state index in [1.54, 1.807) is 0 Å². The molecule has 1 aromatic carbocycles. The number of pyridine rings is 1. The Morgan fingerprint density at radius 1 is 1.33 bits per heavy atom. The van der Waals surface area contributed by atoms with Crippen LogP contribution in [0, 0.1) is 17.7 Å². The number of amides is 1. The van der Waals surface area contributed by atoms with Crippen LogP contribution in [0.1, 0.15) is 37.0 Å². The fourth-order valence-electron chi connectivity index (χ4n) is 2.91. The Kier molecular flexibility index (Phi) is 6.09. The molecule has 5 nitrogen and oxygen atoms in total. The first-order valence-electron chi connectivity index (χ1n) is 8.12. The van der Waals surface area contributed by atoms with Crippen LogP contribution in [0.3, 0.4) is 0 Å². The number of aromatic amines is 1. The second-order valence-electron chi connectivity index (χ2n) is 6.46. The Hall–Kier alpha value is -2.21. The number of halogens is 1. The number of aromatic nitrogens is 1. The van der Waals surface area contributed by atoms with E-state index in [4.69, 9.17) is 5.11 Å². The van der Waals surface area contributed by atoms with Gasteiger partial charge in [-0.05, 0) is 42.9 Å². The molecule has 1 aromatic heterocycles. The molecule has 1 amide bonds. The van der Waals surface area contributed by atoms with Gasteiger partial charge in [-0.25, -0.2) is 4.39 Å². The minimum Gasteiger partial charge on any atom is -0.396 e. The van der Waals surface area contributed by atoms with E-state index in [0.29, 0.717) is 29.8 Å². The molecule has 2 aromatic rings. The number of aliphatic hydroxyl groups is 1. The minimum absolute atomic E-state index is 0.0699. The van der Waals surface area contributed by atoms with Crippen molar-refractivity contribution >= 4 is 16.8 Å². The average Bonchev–Trinajstić information content (AvgIpc) is 2.50. The van der Waals surface area contributed by atoms with E-state index in [1.165, 1.54) is 24.3 Å². The molecule has 1 heterocycles. The number of aliphatic hydroxyl groups excluding tert-OH is 1. The lowest BCUT2D eigenvalue weighted by Gasteiger charge is -2.19. The zero-order valence-corrected chi connectivity index (χ0v) is 13.9. The fraction of sp³-hybridized carbons (Fsp3) is 0.444. The highest BCUT2D eigenvalue weighted by atomic mass is 19.1. The average molecular weight is 334 g/mol. The van der Waals surface area contributed by atoms with E-state index in [9.17, 15) is 14.0 Å². The summed E-state index contributed by atoms with van der Waals surface area (Å²) in [7, 11) is 0. The maximum absolute atomic E-state index is 13.3. The molecule has 24 heavy (non-hydrogen) atoms. The van der Waals surface area contributed by atoms with E-state index in [1.807, 2.05) is 0 Å². The van der Waals surface area contributed by atoms with Crippen LogP contribution in [0.15, 0.2) is 29.1 Å². The van der Waals surface area contributed by atoms with Gasteiger partial charge in [0.05, 0.1) is 11.1 Å². The first kappa shape index (κ1) is 18.1. The second kappa shape index (κ2) is 8.06. The number of nitrogens with one attached hydrogen (secondary N) is 2. The molecule has 0 aliphatic heterocycles. The molecule has 0 aliphatic carbocycles. The maximum atomic E-state index is 13.3. The zero-order chi connectivity index (χ0) is 17.7. The molecular formula is C18H23FN2O3. The third-order valence-electron chi connectivity index (χ3n) is 3.94. The summed E-state index contributed by atoms with van der Waals surface area (Å²) < 4.78 is 13.3. The van der Waals surface area contributed by atoms with Crippen LogP contribution in [0.2, 0.25) is 0 Å². The number of hydrogen-bond donors (Lipinski definition) is 3. The molecule has 2 rings (SSSR count). The molecule has 0 radical (unpaired) electrons. The highest BCUT2D eigenvalue weighted by molar-refractivity contribution is 6.05. The van der Waals surface area contributed by atoms with Crippen LogP contribution in [-0.4, -0.2) is 29.1 Å². The van der Waals surface area contributed by atoms with Gasteiger partial charge in [0.15, 0.2) is 0 Å². The summed E-state index contributed by atoms with van der Waals surface area (Å²) in [6.45, 7) is 4.67. The van der Waals surface area contributed by atoms with Crippen molar-refractivity contribution in [2.75, 3.05) is 13.2 Å². The largest absolute Gasteiger partial charge is 0.396 e. The van der Waals surface area contributed by atoms with Crippen LogP contribution in [0.25, 0.3) is 10.9 Å². The van der Waals surface area contributed by atoms with Crippen molar-refractivity contribution in [1.82, 2.24) is 10.3 Å². The zero-order valence-electron chi connectivity index (χ0n) is 13.9. The number of carbonyl (C=O) groups is 1. The summed E-state index contributed by atoms with van der Waals surface area (Å²) in [6.07, 6.45) is 1.50. The first-order valence-corrected chi connectivity index (χ1v) is 8.12. The molecule has 1 unspecified atom stereocenters. The van der Waals surface area contributed by atoms with Crippen LogP contribution >= 0.6 is 0 Å². The maximum Gasteiger partial charge on any atom is 0.252 e. The first-order chi connectivity index (χ1) is 11.4. The number of carbonyl (C=O) groups excluding carboxylic acids is 1. The molecule has 0 spiro atoms. The Balaban J connectivity index is 2.20. The van der Waals surface area contributed by atoms with Crippen molar-refractivity contribution in [3.63, 3.8) is 0 Å². The van der Waals surface area contributed by atoms with Crippen molar-refractivity contribution < 1.29 is 14.3 Å². The van der Waals surface area contributed by atoms with Crippen molar-refractivity contribution in [3.8, 4) is 0 Å². The number of hydrogen-bond acceptors (Lipinski definition) is 3. The third-order valence-corrected chi connectivity index (χ3v) is 3.94. The Bertz CT molecular complexity index is 770. The van der Waals surface area contributed by atoms with Crippen molar-refractivity contribution in [2.24, 2.45) is 11.8 Å². The van der Waals surface area contributed by atoms with E-state index in [2.05, 4.69) is 24.1 Å². The van der Waals surface area contributed by atoms with Gasteiger partial charge in [0.2, 0.25) is 5.56 Å². The van der Waals surface area contributed by atoms with Crippen LogP contribution in [0.5, 0.6) is 0 Å². The quantitative estimate of drug-likeness (QED) is 0.727. The lowest BCUT2D eigenvalue weighted by molar-refractivity contribution is 0.0943. The van der Waals surface area contributed by atoms with E-state index in [0.717, 1.165) is 6.42 Å². The molecule has 1 atom stereocenters. The Labute approximate surface area is 139 Å². The predicted octanol–water partition coefficient (Wildman–Crippen LogP) is 2.44. The smallest absolute Gasteiger partial charge is 0.252 e. The van der Waals surface area contributed by atoms with Crippen molar-refractivity contribution in [2.45, 2.75) is 26.7 Å². The van der Waals surface area contributed by atoms with Gasteiger partial charge in [-0.15, -0.1) is 0 Å². The SMILES string of the molecule is CC(C)CC(CCO)CNC(=O)c1cc(=O)[nH]c2cc(F)ccc12. The Morgan fingerprint density at radius 2 is 2.08 bits per heavy atom. The van der Waals surface area contributed by atoms with Gasteiger partial charge in [-0.2, -0.15) is 0 Å².